The van der Waals surface area contributed by atoms with Gasteiger partial charge in [-0.15, -0.1) is 0 Å². The van der Waals surface area contributed by atoms with E-state index in [0.717, 1.165) is 16.9 Å². The highest BCUT2D eigenvalue weighted by Crippen LogP contribution is 2.33. The molecule has 0 bridgehead atoms. The van der Waals surface area contributed by atoms with E-state index in [1.807, 2.05) is 26.0 Å². The highest BCUT2D eigenvalue weighted by molar-refractivity contribution is 5.38. The molecule has 0 aliphatic rings. The summed E-state index contributed by atoms with van der Waals surface area (Å²) in [5.74, 6) is 1.73. The molecule has 0 fully saturated rings. The molecule has 0 aliphatic carbocycles. The summed E-state index contributed by atoms with van der Waals surface area (Å²) in [4.78, 5) is 0. The monoisotopic (exact) mass is 222 g/mol. The molecule has 4 nitrogen and oxygen atoms in total. The van der Waals surface area contributed by atoms with Crippen LogP contribution >= 0.6 is 0 Å². The molecule has 0 saturated heterocycles. The van der Waals surface area contributed by atoms with Gasteiger partial charge in [0.15, 0.2) is 0 Å². The van der Waals surface area contributed by atoms with Crippen LogP contribution in [-0.2, 0) is 6.61 Å². The van der Waals surface area contributed by atoms with Gasteiger partial charge in [0.2, 0.25) is 0 Å². The van der Waals surface area contributed by atoms with Gasteiger partial charge in [0.25, 0.3) is 11.9 Å². The Bertz CT molecular complexity index is 454. The first-order valence-corrected chi connectivity index (χ1v) is 5.01. The second kappa shape index (κ2) is 4.35. The van der Waals surface area contributed by atoms with Crippen molar-refractivity contribution in [3.05, 3.63) is 35.3 Å². The van der Waals surface area contributed by atoms with E-state index in [9.17, 15) is 0 Å². The number of furan rings is 2. The van der Waals surface area contributed by atoms with Crippen molar-refractivity contribution in [3.8, 4) is 11.9 Å². The molecule has 0 radical (unpaired) electrons. The lowest BCUT2D eigenvalue weighted by Gasteiger charge is -2.00. The largest absolute Gasteiger partial charge is 0.468 e. The molecule has 2 heterocycles. The second-order valence-electron chi connectivity index (χ2n) is 3.50. The quantitative estimate of drug-likeness (QED) is 0.797. The number of ether oxygens (including phenoxy) is 2. The third kappa shape index (κ3) is 1.91. The Kier molecular flexibility index (Phi) is 2.90. The normalized spacial score (nSPS) is 10.4. The van der Waals surface area contributed by atoms with Gasteiger partial charge in [-0.25, -0.2) is 0 Å². The molecule has 0 unspecified atom stereocenters. The first-order valence-electron chi connectivity index (χ1n) is 5.01. The molecule has 2 rings (SSSR count). The predicted molar refractivity (Wildman–Crippen MR) is 57.8 cm³/mol. The first-order chi connectivity index (χ1) is 7.72. The summed E-state index contributed by atoms with van der Waals surface area (Å²) in [5.41, 5.74) is 1.90. The summed E-state index contributed by atoms with van der Waals surface area (Å²) in [7, 11) is 1.57. The zero-order valence-electron chi connectivity index (χ0n) is 9.57. The Hall–Kier alpha value is -1.84. The van der Waals surface area contributed by atoms with Gasteiger partial charge in [0.1, 0.15) is 12.4 Å². The van der Waals surface area contributed by atoms with Crippen LogP contribution in [0.2, 0.25) is 0 Å². The molecule has 4 heteroatoms. The van der Waals surface area contributed by atoms with Crippen LogP contribution in [-0.4, -0.2) is 7.11 Å². The maximum absolute atomic E-state index is 5.50. The van der Waals surface area contributed by atoms with E-state index in [1.165, 1.54) is 0 Å². The lowest BCUT2D eigenvalue weighted by atomic mass is 10.2. The zero-order chi connectivity index (χ0) is 11.5. The summed E-state index contributed by atoms with van der Waals surface area (Å²) in [6, 6.07) is 3.67. The maximum Gasteiger partial charge on any atom is 0.291 e. The molecule has 0 atom stereocenters. The van der Waals surface area contributed by atoms with Crippen LogP contribution in [0.15, 0.2) is 27.2 Å². The fraction of sp³-hybridized carbons (Fsp3) is 0.333. The minimum Gasteiger partial charge on any atom is -0.468 e. The van der Waals surface area contributed by atoms with Crippen LogP contribution in [0.5, 0.6) is 11.9 Å². The van der Waals surface area contributed by atoms with Crippen molar-refractivity contribution in [2.75, 3.05) is 7.11 Å². The van der Waals surface area contributed by atoms with Crippen LogP contribution in [0.3, 0.4) is 0 Å². The number of hydrogen-bond donors (Lipinski definition) is 0. The number of hydrogen-bond acceptors (Lipinski definition) is 4. The average Bonchev–Trinajstić information content (AvgIpc) is 2.88. The number of rotatable bonds is 4. The van der Waals surface area contributed by atoms with Crippen LogP contribution in [0.4, 0.5) is 0 Å². The average molecular weight is 222 g/mol. The number of methoxy groups -OCH3 is 1. The van der Waals surface area contributed by atoms with E-state index < -0.39 is 0 Å². The molecule has 2 aromatic heterocycles. The second-order valence-corrected chi connectivity index (χ2v) is 3.50. The minimum atomic E-state index is 0.351. The van der Waals surface area contributed by atoms with Gasteiger partial charge < -0.3 is 18.3 Å². The lowest BCUT2D eigenvalue weighted by molar-refractivity contribution is 0.187. The fourth-order valence-electron chi connectivity index (χ4n) is 1.41. The predicted octanol–water partition coefficient (Wildman–Crippen LogP) is 3.08. The van der Waals surface area contributed by atoms with Crippen LogP contribution in [0.1, 0.15) is 16.9 Å². The molecule has 86 valence electrons. The summed E-state index contributed by atoms with van der Waals surface area (Å²) in [5, 5.41) is 0. The molecular formula is C12H14O4. The van der Waals surface area contributed by atoms with Crippen molar-refractivity contribution >= 4 is 0 Å². The molecule has 0 N–H and O–H groups in total. The van der Waals surface area contributed by atoms with E-state index in [0.29, 0.717) is 18.5 Å². The van der Waals surface area contributed by atoms with Gasteiger partial charge in [0, 0.05) is 11.1 Å². The van der Waals surface area contributed by atoms with Crippen molar-refractivity contribution < 1.29 is 18.3 Å². The SMILES string of the molecule is COc1oc(OCc2ccco2)c(C)c1C. The van der Waals surface area contributed by atoms with E-state index >= 15 is 0 Å². The Morgan fingerprint density at radius 2 is 1.94 bits per heavy atom. The summed E-state index contributed by atoms with van der Waals surface area (Å²) in [6.07, 6.45) is 1.61. The highest BCUT2D eigenvalue weighted by Gasteiger charge is 2.15. The van der Waals surface area contributed by atoms with Gasteiger partial charge in [-0.2, -0.15) is 0 Å². The molecule has 0 aliphatic heterocycles. The smallest absolute Gasteiger partial charge is 0.291 e. The molecule has 16 heavy (non-hydrogen) atoms. The Morgan fingerprint density at radius 3 is 2.50 bits per heavy atom. The van der Waals surface area contributed by atoms with Crippen LogP contribution in [0, 0.1) is 13.8 Å². The van der Waals surface area contributed by atoms with Crippen LogP contribution in [0.25, 0.3) is 0 Å². The minimum absolute atomic E-state index is 0.351. The highest BCUT2D eigenvalue weighted by atomic mass is 16.6. The van der Waals surface area contributed by atoms with E-state index in [2.05, 4.69) is 0 Å². The van der Waals surface area contributed by atoms with Gasteiger partial charge in [0.05, 0.1) is 13.4 Å². The Balaban J connectivity index is 2.10. The van der Waals surface area contributed by atoms with Gasteiger partial charge in [-0.3, -0.25) is 0 Å². The molecule has 2 aromatic rings. The van der Waals surface area contributed by atoms with Gasteiger partial charge in [-0.1, -0.05) is 0 Å². The topological polar surface area (TPSA) is 44.7 Å². The van der Waals surface area contributed by atoms with E-state index in [1.54, 1.807) is 13.4 Å². The maximum atomic E-state index is 5.50. The Morgan fingerprint density at radius 1 is 1.19 bits per heavy atom. The zero-order valence-corrected chi connectivity index (χ0v) is 9.57. The van der Waals surface area contributed by atoms with Crippen LogP contribution < -0.4 is 9.47 Å². The Labute approximate surface area is 93.8 Å². The van der Waals surface area contributed by atoms with Crippen molar-refractivity contribution in [2.45, 2.75) is 20.5 Å². The summed E-state index contributed by atoms with van der Waals surface area (Å²) >= 11 is 0. The van der Waals surface area contributed by atoms with Crippen molar-refractivity contribution in [1.82, 2.24) is 0 Å². The van der Waals surface area contributed by atoms with E-state index in [4.69, 9.17) is 18.3 Å². The van der Waals surface area contributed by atoms with E-state index in [-0.39, 0.29) is 0 Å². The fourth-order valence-corrected chi connectivity index (χ4v) is 1.41. The molecular weight excluding hydrogens is 208 g/mol. The van der Waals surface area contributed by atoms with Crippen molar-refractivity contribution in [1.29, 1.82) is 0 Å². The molecule has 0 spiro atoms. The van der Waals surface area contributed by atoms with Gasteiger partial charge in [-0.05, 0) is 26.0 Å². The van der Waals surface area contributed by atoms with Crippen molar-refractivity contribution in [2.24, 2.45) is 0 Å². The van der Waals surface area contributed by atoms with Gasteiger partial charge >= 0.3 is 0 Å². The summed E-state index contributed by atoms with van der Waals surface area (Å²) in [6.45, 7) is 4.21. The van der Waals surface area contributed by atoms with Crippen molar-refractivity contribution in [3.63, 3.8) is 0 Å². The molecule has 0 amide bonds. The molecule has 0 aromatic carbocycles. The molecule has 0 saturated carbocycles. The summed E-state index contributed by atoms with van der Waals surface area (Å²) < 4.78 is 21.1. The third-order valence-electron chi connectivity index (χ3n) is 2.47. The first kappa shape index (κ1) is 10.7. The lowest BCUT2D eigenvalue weighted by Crippen LogP contribution is -1.93. The standard InChI is InChI=1S/C12H14O4/c1-8-9(2)12(16-11(8)13-3)15-7-10-5-4-6-14-10/h4-6H,7H2,1-3H3. The third-order valence-corrected chi connectivity index (χ3v) is 2.47.